The quantitative estimate of drug-likeness (QED) is 0.731. The lowest BCUT2D eigenvalue weighted by atomic mass is 10.0. The summed E-state index contributed by atoms with van der Waals surface area (Å²) in [4.78, 5) is 26.8. The van der Waals surface area contributed by atoms with Crippen LogP contribution < -0.4 is 4.90 Å². The number of carbonyl (C=O) groups excluding carboxylic acids is 1. The van der Waals surface area contributed by atoms with Crippen molar-refractivity contribution in [3.63, 3.8) is 0 Å². The Labute approximate surface area is 86.3 Å². The zero-order valence-electron chi connectivity index (χ0n) is 7.96. The van der Waals surface area contributed by atoms with Gasteiger partial charge in [-0.15, -0.1) is 0 Å². The lowest BCUT2D eigenvalue weighted by molar-refractivity contribution is -0.139. The minimum atomic E-state index is -0.819. The molecule has 0 aromatic carbocycles. The van der Waals surface area contributed by atoms with Crippen LogP contribution in [0, 0.1) is 0 Å². The maximum Gasteiger partial charge on any atom is 0.326 e. The van der Waals surface area contributed by atoms with Crippen LogP contribution in [0.2, 0.25) is 0 Å². The maximum absolute atomic E-state index is 10.8. The van der Waals surface area contributed by atoms with Crippen molar-refractivity contribution in [3.8, 4) is 0 Å². The first-order valence-electron chi connectivity index (χ1n) is 4.63. The lowest BCUT2D eigenvalue weighted by Crippen LogP contribution is -2.52. The van der Waals surface area contributed by atoms with Crippen molar-refractivity contribution in [2.75, 3.05) is 11.4 Å². The molecular weight excluding hydrogens is 196 g/mol. The number of pyridine rings is 1. The number of aromatic nitrogens is 1. The third-order valence-corrected chi connectivity index (χ3v) is 2.53. The van der Waals surface area contributed by atoms with Crippen molar-refractivity contribution in [3.05, 3.63) is 24.0 Å². The first kappa shape index (κ1) is 9.64. The van der Waals surface area contributed by atoms with Gasteiger partial charge in [0.15, 0.2) is 6.29 Å². The molecule has 0 radical (unpaired) electrons. The lowest BCUT2D eigenvalue weighted by Gasteiger charge is -2.39. The van der Waals surface area contributed by atoms with Crippen molar-refractivity contribution in [2.24, 2.45) is 0 Å². The van der Waals surface area contributed by atoms with Crippen LogP contribution >= 0.6 is 0 Å². The largest absolute Gasteiger partial charge is 0.480 e. The van der Waals surface area contributed by atoms with Crippen molar-refractivity contribution in [2.45, 2.75) is 12.5 Å². The van der Waals surface area contributed by atoms with Crippen LogP contribution in [0.4, 0.5) is 5.69 Å². The molecule has 0 aliphatic carbocycles. The van der Waals surface area contributed by atoms with E-state index in [0.29, 0.717) is 18.4 Å². The highest BCUT2D eigenvalue weighted by Crippen LogP contribution is 2.25. The van der Waals surface area contributed by atoms with E-state index in [0.717, 1.165) is 12.2 Å². The summed E-state index contributed by atoms with van der Waals surface area (Å²) in [6.07, 6.45) is 2.85. The summed E-state index contributed by atoms with van der Waals surface area (Å²) < 4.78 is 0. The summed E-state index contributed by atoms with van der Waals surface area (Å²) in [6, 6.07) is 2.85. The van der Waals surface area contributed by atoms with E-state index >= 15 is 0 Å². The van der Waals surface area contributed by atoms with E-state index in [-0.39, 0.29) is 0 Å². The van der Waals surface area contributed by atoms with Gasteiger partial charge in [-0.1, -0.05) is 0 Å². The van der Waals surface area contributed by atoms with Gasteiger partial charge < -0.3 is 10.0 Å². The summed E-state index contributed by atoms with van der Waals surface area (Å²) in [5.74, 6) is -0.819. The number of hydrogen-bond donors (Lipinski definition) is 1. The molecule has 1 unspecified atom stereocenters. The molecule has 5 heteroatoms. The van der Waals surface area contributed by atoms with E-state index in [1.165, 1.54) is 6.20 Å². The minimum absolute atomic E-state index is 0.353. The first-order valence-corrected chi connectivity index (χ1v) is 4.63. The SMILES string of the molecule is O=Cc1ccc(N2CCC2C(=O)O)cn1. The molecule has 1 aliphatic heterocycles. The number of hydrogen-bond acceptors (Lipinski definition) is 4. The van der Waals surface area contributed by atoms with Crippen LogP contribution in [-0.4, -0.2) is 34.9 Å². The average Bonchev–Trinajstić information content (AvgIpc) is 2.16. The fraction of sp³-hybridized carbons (Fsp3) is 0.300. The number of nitrogens with zero attached hydrogens (tertiary/aromatic N) is 2. The van der Waals surface area contributed by atoms with Crippen molar-refractivity contribution < 1.29 is 14.7 Å². The fourth-order valence-electron chi connectivity index (χ4n) is 1.59. The normalized spacial score (nSPS) is 19.5. The predicted molar refractivity (Wildman–Crippen MR) is 53.0 cm³/mol. The van der Waals surface area contributed by atoms with E-state index in [4.69, 9.17) is 5.11 Å². The topological polar surface area (TPSA) is 70.5 Å². The van der Waals surface area contributed by atoms with Crippen LogP contribution in [0.3, 0.4) is 0 Å². The second-order valence-electron chi connectivity index (χ2n) is 3.40. The number of carboxylic acids is 1. The third kappa shape index (κ3) is 1.68. The van der Waals surface area contributed by atoms with E-state index < -0.39 is 12.0 Å². The smallest absolute Gasteiger partial charge is 0.326 e. The van der Waals surface area contributed by atoms with Gasteiger partial charge in [0.25, 0.3) is 0 Å². The molecule has 1 fully saturated rings. The summed E-state index contributed by atoms with van der Waals surface area (Å²) >= 11 is 0. The molecule has 1 atom stereocenters. The molecule has 0 saturated carbocycles. The Hall–Kier alpha value is -1.91. The van der Waals surface area contributed by atoms with Crippen LogP contribution in [0.25, 0.3) is 0 Å². The Balaban J connectivity index is 2.16. The molecule has 2 rings (SSSR count). The Morgan fingerprint density at radius 1 is 1.60 bits per heavy atom. The second kappa shape index (κ2) is 3.68. The predicted octanol–water partition coefficient (Wildman–Crippen LogP) is 0.557. The van der Waals surface area contributed by atoms with Gasteiger partial charge >= 0.3 is 5.97 Å². The van der Waals surface area contributed by atoms with E-state index in [9.17, 15) is 9.59 Å². The summed E-state index contributed by atoms with van der Waals surface area (Å²) in [7, 11) is 0. The molecule has 0 bridgehead atoms. The number of aldehydes is 1. The van der Waals surface area contributed by atoms with Crippen LogP contribution in [0.1, 0.15) is 16.9 Å². The Kier molecular flexibility index (Phi) is 2.37. The van der Waals surface area contributed by atoms with Crippen molar-refractivity contribution >= 4 is 17.9 Å². The zero-order valence-corrected chi connectivity index (χ0v) is 7.96. The van der Waals surface area contributed by atoms with Gasteiger partial charge in [-0.05, 0) is 18.6 Å². The summed E-state index contributed by atoms with van der Waals surface area (Å²) in [5.41, 5.74) is 1.10. The van der Waals surface area contributed by atoms with E-state index in [2.05, 4.69) is 4.98 Å². The van der Waals surface area contributed by atoms with Crippen molar-refractivity contribution in [1.29, 1.82) is 0 Å². The van der Waals surface area contributed by atoms with Gasteiger partial charge in [0.2, 0.25) is 0 Å². The molecule has 5 nitrogen and oxygen atoms in total. The van der Waals surface area contributed by atoms with Gasteiger partial charge in [-0.3, -0.25) is 9.78 Å². The fourth-order valence-corrected chi connectivity index (χ4v) is 1.59. The number of anilines is 1. The highest BCUT2D eigenvalue weighted by Gasteiger charge is 2.34. The van der Waals surface area contributed by atoms with Crippen LogP contribution in [0.15, 0.2) is 18.3 Å². The molecule has 1 saturated heterocycles. The van der Waals surface area contributed by atoms with E-state index in [1.807, 2.05) is 0 Å². The second-order valence-corrected chi connectivity index (χ2v) is 3.40. The van der Waals surface area contributed by atoms with Crippen LogP contribution in [-0.2, 0) is 4.79 Å². The molecule has 1 N–H and O–H groups in total. The summed E-state index contributed by atoms with van der Waals surface area (Å²) in [6.45, 7) is 0.721. The molecule has 0 spiro atoms. The standard InChI is InChI=1S/C10H10N2O3/c13-6-7-1-2-8(5-11-7)12-4-3-9(12)10(14)15/h1-2,5-6,9H,3-4H2,(H,14,15). The number of carbonyl (C=O) groups is 2. The van der Waals surface area contributed by atoms with Gasteiger partial charge in [0.05, 0.1) is 11.9 Å². The minimum Gasteiger partial charge on any atom is -0.480 e. The monoisotopic (exact) mass is 206 g/mol. The van der Waals surface area contributed by atoms with Crippen molar-refractivity contribution in [1.82, 2.24) is 4.98 Å². The van der Waals surface area contributed by atoms with Gasteiger partial charge in [0.1, 0.15) is 11.7 Å². The van der Waals surface area contributed by atoms with Gasteiger partial charge in [-0.2, -0.15) is 0 Å². The van der Waals surface area contributed by atoms with Gasteiger partial charge in [-0.25, -0.2) is 4.79 Å². The highest BCUT2D eigenvalue weighted by molar-refractivity contribution is 5.80. The average molecular weight is 206 g/mol. The summed E-state index contributed by atoms with van der Waals surface area (Å²) in [5, 5.41) is 8.85. The van der Waals surface area contributed by atoms with Crippen LogP contribution in [0.5, 0.6) is 0 Å². The zero-order chi connectivity index (χ0) is 10.8. The molecule has 2 heterocycles. The van der Waals surface area contributed by atoms with Gasteiger partial charge in [0, 0.05) is 6.54 Å². The molecule has 1 aromatic heterocycles. The third-order valence-electron chi connectivity index (χ3n) is 2.53. The Morgan fingerprint density at radius 3 is 2.80 bits per heavy atom. The molecule has 78 valence electrons. The highest BCUT2D eigenvalue weighted by atomic mass is 16.4. The molecule has 0 amide bonds. The maximum atomic E-state index is 10.8. The Morgan fingerprint density at radius 2 is 2.40 bits per heavy atom. The molecule has 1 aromatic rings. The number of aliphatic carboxylic acids is 1. The molecular formula is C10H10N2O3. The Bertz CT molecular complexity index is 388. The molecule has 1 aliphatic rings. The first-order chi connectivity index (χ1) is 7.22. The number of carboxylic acid groups (broad SMARTS) is 1. The number of rotatable bonds is 3. The van der Waals surface area contributed by atoms with E-state index in [1.54, 1.807) is 17.0 Å². The molecule has 15 heavy (non-hydrogen) atoms.